The van der Waals surface area contributed by atoms with Gasteiger partial charge in [-0.3, -0.25) is 0 Å². The summed E-state index contributed by atoms with van der Waals surface area (Å²) >= 11 is 12.7. The van der Waals surface area contributed by atoms with Gasteiger partial charge in [0, 0.05) is 21.0 Å². The molecular weight excluding hydrogens is 461 g/mol. The Labute approximate surface area is 205 Å². The van der Waals surface area contributed by atoms with Crippen molar-refractivity contribution in [3.63, 3.8) is 0 Å². The number of rotatable bonds is 8. The van der Waals surface area contributed by atoms with Gasteiger partial charge in [-0.1, -0.05) is 99.5 Å². The summed E-state index contributed by atoms with van der Waals surface area (Å²) in [5.41, 5.74) is 0.804. The Bertz CT molecular complexity index is 972. The van der Waals surface area contributed by atoms with Gasteiger partial charge >= 0.3 is 12.1 Å². The third-order valence-corrected chi connectivity index (χ3v) is 7.10. The van der Waals surface area contributed by atoms with Crippen molar-refractivity contribution in [3.05, 3.63) is 69.7 Å². The summed E-state index contributed by atoms with van der Waals surface area (Å²) in [7, 11) is 0. The molecule has 2 N–H and O–H groups in total. The van der Waals surface area contributed by atoms with Crippen LogP contribution in [-0.2, 0) is 14.9 Å². The first-order chi connectivity index (χ1) is 15.7. The number of carbonyl (C=O) groups excluding carboxylic acids is 1. The fourth-order valence-electron chi connectivity index (χ4n) is 4.59. The molecule has 3 rings (SSSR count). The summed E-state index contributed by atoms with van der Waals surface area (Å²) in [6.07, 6.45) is 4.22. The van der Waals surface area contributed by atoms with Crippen molar-refractivity contribution in [2.45, 2.75) is 69.9 Å². The number of carbonyl (C=O) groups is 2. The number of nitrogens with one attached hydrogen (secondary N) is 1. The van der Waals surface area contributed by atoms with E-state index < -0.39 is 29.6 Å². The third-order valence-electron chi connectivity index (χ3n) is 6.52. The molecule has 1 amide bonds. The second kappa shape index (κ2) is 11.3. The highest BCUT2D eigenvalue weighted by molar-refractivity contribution is 6.31. The zero-order chi connectivity index (χ0) is 24.0. The molecule has 0 aliphatic heterocycles. The number of ether oxygens (including phenoxy) is 1. The van der Waals surface area contributed by atoms with Crippen LogP contribution in [0.5, 0.6) is 0 Å². The molecule has 1 saturated carbocycles. The van der Waals surface area contributed by atoms with Crippen molar-refractivity contribution in [2.24, 2.45) is 5.92 Å². The van der Waals surface area contributed by atoms with Crippen LogP contribution in [-0.4, -0.2) is 23.2 Å². The third kappa shape index (κ3) is 6.64. The first-order valence-electron chi connectivity index (χ1n) is 11.4. The van der Waals surface area contributed by atoms with Crippen LogP contribution >= 0.6 is 23.2 Å². The summed E-state index contributed by atoms with van der Waals surface area (Å²) in [6.45, 7) is 3.88. The second-order valence-corrected chi connectivity index (χ2v) is 10.2. The van der Waals surface area contributed by atoms with E-state index in [0.717, 1.165) is 31.2 Å². The van der Waals surface area contributed by atoms with Crippen LogP contribution in [0.2, 0.25) is 10.0 Å². The number of amides is 1. The molecule has 0 heterocycles. The Hall–Kier alpha value is -2.24. The topological polar surface area (TPSA) is 75.6 Å². The van der Waals surface area contributed by atoms with Gasteiger partial charge in [0.25, 0.3) is 0 Å². The number of aliphatic carboxylic acids is 1. The van der Waals surface area contributed by atoms with Crippen molar-refractivity contribution >= 4 is 35.3 Å². The van der Waals surface area contributed by atoms with E-state index in [1.165, 1.54) is 6.42 Å². The van der Waals surface area contributed by atoms with Crippen LogP contribution in [0.1, 0.15) is 69.6 Å². The molecule has 178 valence electrons. The van der Waals surface area contributed by atoms with Crippen molar-refractivity contribution in [1.82, 2.24) is 5.32 Å². The van der Waals surface area contributed by atoms with Crippen molar-refractivity contribution in [2.75, 3.05) is 0 Å². The molecule has 0 bridgehead atoms. The largest absolute Gasteiger partial charge is 0.480 e. The Morgan fingerprint density at radius 2 is 1.79 bits per heavy atom. The predicted molar refractivity (Wildman–Crippen MR) is 131 cm³/mol. The molecule has 7 heteroatoms. The van der Waals surface area contributed by atoms with Gasteiger partial charge in [-0.15, -0.1) is 0 Å². The predicted octanol–water partition coefficient (Wildman–Crippen LogP) is 7.16. The summed E-state index contributed by atoms with van der Waals surface area (Å²) in [4.78, 5) is 24.8. The molecule has 1 unspecified atom stereocenters. The highest BCUT2D eigenvalue weighted by Crippen LogP contribution is 2.42. The lowest BCUT2D eigenvalue weighted by Gasteiger charge is -2.35. The fourth-order valence-corrected chi connectivity index (χ4v) is 5.01. The smallest absolute Gasteiger partial charge is 0.408 e. The average Bonchev–Trinajstić information content (AvgIpc) is 2.78. The number of carboxylic acids is 1. The standard InChI is InChI=1S/C26H31Cl2NO4/c1-26(2,18-11-8-12-19(27)16-18)23(20-13-6-7-14-21(20)28)33-25(32)29-22(24(30)31)15-17-9-4-3-5-10-17/h6-8,11-14,16-17,22-23H,3-5,9-10,15H2,1-2H3,(H,29,32)(H,30,31)/t22-,23?/m0/s1. The Morgan fingerprint density at radius 3 is 2.42 bits per heavy atom. The van der Waals surface area contributed by atoms with E-state index in [1.807, 2.05) is 44.2 Å². The normalized spacial score (nSPS) is 16.6. The number of benzene rings is 2. The van der Waals surface area contributed by atoms with Gasteiger partial charge in [-0.05, 0) is 36.1 Å². The van der Waals surface area contributed by atoms with Crippen molar-refractivity contribution in [3.8, 4) is 0 Å². The lowest BCUT2D eigenvalue weighted by Crippen LogP contribution is -2.44. The van der Waals surface area contributed by atoms with Gasteiger partial charge in [-0.2, -0.15) is 0 Å². The summed E-state index contributed by atoms with van der Waals surface area (Å²) in [5.74, 6) is -0.761. The van der Waals surface area contributed by atoms with Crippen LogP contribution in [0.4, 0.5) is 4.79 Å². The SMILES string of the molecule is CC(C)(c1cccc(Cl)c1)C(OC(=O)N[C@@H](CC1CCCCC1)C(=O)O)c1ccccc1Cl. The summed E-state index contributed by atoms with van der Waals surface area (Å²) < 4.78 is 5.91. The Balaban J connectivity index is 1.84. The first-order valence-corrected chi connectivity index (χ1v) is 12.1. The Morgan fingerprint density at radius 1 is 1.09 bits per heavy atom. The maximum absolute atomic E-state index is 13.0. The monoisotopic (exact) mass is 491 g/mol. The van der Waals surface area contributed by atoms with E-state index in [9.17, 15) is 14.7 Å². The lowest BCUT2D eigenvalue weighted by atomic mass is 9.76. The van der Waals surface area contributed by atoms with E-state index in [-0.39, 0.29) is 0 Å². The van der Waals surface area contributed by atoms with Gasteiger partial charge in [-0.25, -0.2) is 9.59 Å². The van der Waals surface area contributed by atoms with Crippen LogP contribution in [0.3, 0.4) is 0 Å². The highest BCUT2D eigenvalue weighted by Gasteiger charge is 2.38. The molecule has 2 aromatic carbocycles. The van der Waals surface area contributed by atoms with Crippen molar-refractivity contribution < 1.29 is 19.4 Å². The number of carboxylic acid groups (broad SMARTS) is 1. The van der Waals surface area contributed by atoms with E-state index >= 15 is 0 Å². The van der Waals surface area contributed by atoms with E-state index in [1.54, 1.807) is 18.2 Å². The molecule has 33 heavy (non-hydrogen) atoms. The number of hydrogen-bond acceptors (Lipinski definition) is 3. The quantitative estimate of drug-likeness (QED) is 0.410. The van der Waals surface area contributed by atoms with Crippen molar-refractivity contribution in [1.29, 1.82) is 0 Å². The number of hydrogen-bond donors (Lipinski definition) is 2. The molecule has 0 saturated heterocycles. The lowest BCUT2D eigenvalue weighted by molar-refractivity contribution is -0.140. The van der Waals surface area contributed by atoms with E-state index in [2.05, 4.69) is 5.32 Å². The van der Waals surface area contributed by atoms with Crippen LogP contribution in [0.25, 0.3) is 0 Å². The fraction of sp³-hybridized carbons (Fsp3) is 0.462. The van der Waals surface area contributed by atoms with Gasteiger partial charge in [0.1, 0.15) is 12.1 Å². The molecule has 0 radical (unpaired) electrons. The van der Waals surface area contributed by atoms with Crippen LogP contribution in [0.15, 0.2) is 48.5 Å². The molecular formula is C26H31Cl2NO4. The average molecular weight is 492 g/mol. The maximum atomic E-state index is 13.0. The molecule has 0 spiro atoms. The molecule has 1 aliphatic rings. The van der Waals surface area contributed by atoms with Crippen LogP contribution in [0, 0.1) is 5.92 Å². The summed E-state index contributed by atoms with van der Waals surface area (Å²) in [6, 6.07) is 13.5. The minimum absolute atomic E-state index is 0.294. The molecule has 5 nitrogen and oxygen atoms in total. The maximum Gasteiger partial charge on any atom is 0.408 e. The molecule has 2 atom stereocenters. The minimum Gasteiger partial charge on any atom is -0.480 e. The number of halogens is 2. The second-order valence-electron chi connectivity index (χ2n) is 9.31. The zero-order valence-electron chi connectivity index (χ0n) is 19.0. The van der Waals surface area contributed by atoms with Crippen LogP contribution < -0.4 is 5.32 Å². The molecule has 1 fully saturated rings. The van der Waals surface area contributed by atoms with Gasteiger partial charge in [0.15, 0.2) is 0 Å². The minimum atomic E-state index is -1.05. The summed E-state index contributed by atoms with van der Waals surface area (Å²) in [5, 5.41) is 13.3. The molecule has 0 aromatic heterocycles. The zero-order valence-corrected chi connectivity index (χ0v) is 20.5. The Kier molecular flexibility index (Phi) is 8.66. The highest BCUT2D eigenvalue weighted by atomic mass is 35.5. The van der Waals surface area contributed by atoms with Gasteiger partial charge < -0.3 is 15.2 Å². The number of alkyl carbamates (subject to hydrolysis) is 1. The van der Waals surface area contributed by atoms with E-state index in [0.29, 0.717) is 27.9 Å². The van der Waals surface area contributed by atoms with E-state index in [4.69, 9.17) is 27.9 Å². The molecule has 2 aromatic rings. The molecule has 1 aliphatic carbocycles. The first kappa shape index (κ1) is 25.4. The van der Waals surface area contributed by atoms with Gasteiger partial charge in [0.05, 0.1) is 0 Å². The van der Waals surface area contributed by atoms with Gasteiger partial charge in [0.2, 0.25) is 0 Å².